The number of piperidine rings is 1. The molecule has 2 aromatic rings. The summed E-state index contributed by atoms with van der Waals surface area (Å²) in [6.07, 6.45) is 2.16. The first kappa shape index (κ1) is 16.1. The number of para-hydroxylation sites is 1. The van der Waals surface area contributed by atoms with Crippen LogP contribution in [0.25, 0.3) is 0 Å². The SMILES string of the molecule is Oc1cccc(C2CCCN(C[C@H]3COc4cccc(O)c4O3)C2)c1. The van der Waals surface area contributed by atoms with Crippen molar-refractivity contribution in [3.05, 3.63) is 48.0 Å². The van der Waals surface area contributed by atoms with Gasteiger partial charge < -0.3 is 19.7 Å². The van der Waals surface area contributed by atoms with Crippen LogP contribution in [0, 0.1) is 0 Å². The van der Waals surface area contributed by atoms with Crippen LogP contribution in [0.1, 0.15) is 24.3 Å². The van der Waals surface area contributed by atoms with Gasteiger partial charge in [-0.3, -0.25) is 4.90 Å². The quantitative estimate of drug-likeness (QED) is 0.898. The second-order valence-corrected chi connectivity index (χ2v) is 6.85. The van der Waals surface area contributed by atoms with E-state index in [1.165, 1.54) is 5.56 Å². The molecule has 4 rings (SSSR count). The zero-order chi connectivity index (χ0) is 17.2. The second-order valence-electron chi connectivity index (χ2n) is 6.85. The van der Waals surface area contributed by atoms with Crippen molar-refractivity contribution in [2.45, 2.75) is 24.9 Å². The molecule has 1 unspecified atom stereocenters. The van der Waals surface area contributed by atoms with E-state index >= 15 is 0 Å². The summed E-state index contributed by atoms with van der Waals surface area (Å²) in [6.45, 7) is 3.23. The summed E-state index contributed by atoms with van der Waals surface area (Å²) in [5.41, 5.74) is 1.19. The third kappa shape index (κ3) is 3.51. The van der Waals surface area contributed by atoms with Gasteiger partial charge >= 0.3 is 0 Å². The minimum atomic E-state index is -0.0938. The van der Waals surface area contributed by atoms with Gasteiger partial charge in [0.2, 0.25) is 5.75 Å². The monoisotopic (exact) mass is 341 g/mol. The maximum absolute atomic E-state index is 9.95. The van der Waals surface area contributed by atoms with Crippen molar-refractivity contribution < 1.29 is 19.7 Å². The fourth-order valence-corrected chi connectivity index (χ4v) is 3.77. The molecule has 2 aliphatic heterocycles. The standard InChI is InChI=1S/C20H23NO4/c22-16-6-1-4-14(10-16)15-5-3-9-21(11-15)12-17-13-24-19-8-2-7-18(23)20(19)25-17/h1-2,4,6-8,10,15,17,22-23H,3,5,9,11-13H2/t15?,17-/m0/s1. The Labute approximate surface area is 147 Å². The van der Waals surface area contributed by atoms with Crippen LogP contribution in [-0.2, 0) is 0 Å². The van der Waals surface area contributed by atoms with Crippen molar-refractivity contribution in [2.75, 3.05) is 26.2 Å². The number of phenolic OH excluding ortho intramolecular Hbond substituents is 2. The summed E-state index contributed by atoms with van der Waals surface area (Å²) >= 11 is 0. The minimum absolute atomic E-state index is 0.0938. The Balaban J connectivity index is 1.41. The molecule has 0 amide bonds. The number of fused-ring (bicyclic) bond motifs is 1. The van der Waals surface area contributed by atoms with E-state index in [0.29, 0.717) is 29.8 Å². The molecule has 0 aliphatic carbocycles. The molecule has 0 bridgehead atoms. The predicted octanol–water partition coefficient (Wildman–Crippen LogP) is 3.12. The molecule has 2 heterocycles. The van der Waals surface area contributed by atoms with Crippen molar-refractivity contribution in [3.8, 4) is 23.0 Å². The number of benzene rings is 2. The van der Waals surface area contributed by atoms with E-state index in [9.17, 15) is 10.2 Å². The molecule has 5 heteroatoms. The summed E-state index contributed by atoms with van der Waals surface area (Å²) in [5, 5.41) is 19.7. The molecule has 1 saturated heterocycles. The lowest BCUT2D eigenvalue weighted by Crippen LogP contribution is -2.44. The van der Waals surface area contributed by atoms with Gasteiger partial charge in [0.05, 0.1) is 0 Å². The Morgan fingerprint density at radius 1 is 1.12 bits per heavy atom. The molecule has 0 saturated carbocycles. The van der Waals surface area contributed by atoms with Gasteiger partial charge in [0.15, 0.2) is 11.5 Å². The number of aromatic hydroxyl groups is 2. The van der Waals surface area contributed by atoms with Crippen LogP contribution in [0.3, 0.4) is 0 Å². The summed E-state index contributed by atoms with van der Waals surface area (Å²) < 4.78 is 11.7. The van der Waals surface area contributed by atoms with Gasteiger partial charge in [0.1, 0.15) is 18.5 Å². The lowest BCUT2D eigenvalue weighted by molar-refractivity contribution is 0.0480. The van der Waals surface area contributed by atoms with Crippen molar-refractivity contribution in [2.24, 2.45) is 0 Å². The largest absolute Gasteiger partial charge is 0.508 e. The number of phenols is 2. The Morgan fingerprint density at radius 2 is 2.00 bits per heavy atom. The molecule has 0 spiro atoms. The molecule has 25 heavy (non-hydrogen) atoms. The van der Waals surface area contributed by atoms with E-state index in [4.69, 9.17) is 9.47 Å². The third-order valence-electron chi connectivity index (χ3n) is 4.98. The highest BCUT2D eigenvalue weighted by atomic mass is 16.6. The molecule has 0 aromatic heterocycles. The van der Waals surface area contributed by atoms with Crippen LogP contribution >= 0.6 is 0 Å². The van der Waals surface area contributed by atoms with Crippen molar-refractivity contribution in [1.82, 2.24) is 4.90 Å². The van der Waals surface area contributed by atoms with Gasteiger partial charge in [-0.15, -0.1) is 0 Å². The molecule has 2 aliphatic rings. The number of nitrogens with zero attached hydrogens (tertiary/aromatic N) is 1. The average Bonchev–Trinajstić information content (AvgIpc) is 2.63. The molecule has 2 atom stereocenters. The van der Waals surface area contributed by atoms with Crippen LogP contribution in [0.5, 0.6) is 23.0 Å². The summed E-state index contributed by atoms with van der Waals surface area (Å²) in [4.78, 5) is 2.39. The molecule has 2 N–H and O–H groups in total. The lowest BCUT2D eigenvalue weighted by Gasteiger charge is -2.36. The molecular weight excluding hydrogens is 318 g/mol. The summed E-state index contributed by atoms with van der Waals surface area (Å²) in [6, 6.07) is 12.7. The van der Waals surface area contributed by atoms with Crippen molar-refractivity contribution in [1.29, 1.82) is 0 Å². The Morgan fingerprint density at radius 3 is 2.88 bits per heavy atom. The number of hydrogen-bond acceptors (Lipinski definition) is 5. The highest BCUT2D eigenvalue weighted by Gasteiger charge is 2.28. The zero-order valence-electron chi connectivity index (χ0n) is 14.1. The molecular formula is C20H23NO4. The number of ether oxygens (including phenoxy) is 2. The molecule has 2 aromatic carbocycles. The smallest absolute Gasteiger partial charge is 0.203 e. The van der Waals surface area contributed by atoms with Crippen LogP contribution in [0.15, 0.2) is 42.5 Å². The maximum Gasteiger partial charge on any atom is 0.203 e. The van der Waals surface area contributed by atoms with E-state index in [1.807, 2.05) is 18.2 Å². The van der Waals surface area contributed by atoms with Gasteiger partial charge in [0, 0.05) is 13.1 Å². The van der Waals surface area contributed by atoms with Gasteiger partial charge in [0.25, 0.3) is 0 Å². The minimum Gasteiger partial charge on any atom is -0.508 e. The van der Waals surface area contributed by atoms with Gasteiger partial charge in [-0.05, 0) is 55.1 Å². The average molecular weight is 341 g/mol. The Hall–Kier alpha value is -2.40. The molecule has 5 nitrogen and oxygen atoms in total. The fourth-order valence-electron chi connectivity index (χ4n) is 3.77. The molecule has 0 radical (unpaired) electrons. The Bertz CT molecular complexity index is 748. The van der Waals surface area contributed by atoms with E-state index in [1.54, 1.807) is 18.2 Å². The Kier molecular flexibility index (Phi) is 4.40. The molecule has 1 fully saturated rings. The van der Waals surface area contributed by atoms with E-state index in [2.05, 4.69) is 11.0 Å². The van der Waals surface area contributed by atoms with Crippen LogP contribution in [0.4, 0.5) is 0 Å². The number of rotatable bonds is 3. The van der Waals surface area contributed by atoms with E-state index < -0.39 is 0 Å². The van der Waals surface area contributed by atoms with Crippen LogP contribution in [0.2, 0.25) is 0 Å². The highest BCUT2D eigenvalue weighted by molar-refractivity contribution is 5.51. The van der Waals surface area contributed by atoms with Gasteiger partial charge in [-0.25, -0.2) is 0 Å². The van der Waals surface area contributed by atoms with Gasteiger partial charge in [-0.2, -0.15) is 0 Å². The first-order valence-corrected chi connectivity index (χ1v) is 8.82. The van der Waals surface area contributed by atoms with Crippen LogP contribution in [-0.4, -0.2) is 47.5 Å². The number of likely N-dealkylation sites (tertiary alicyclic amines) is 1. The zero-order valence-corrected chi connectivity index (χ0v) is 14.1. The lowest BCUT2D eigenvalue weighted by atomic mass is 9.90. The predicted molar refractivity (Wildman–Crippen MR) is 94.5 cm³/mol. The van der Waals surface area contributed by atoms with Crippen LogP contribution < -0.4 is 9.47 Å². The van der Waals surface area contributed by atoms with E-state index in [0.717, 1.165) is 32.5 Å². The topological polar surface area (TPSA) is 62.2 Å². The van der Waals surface area contributed by atoms with Crippen molar-refractivity contribution >= 4 is 0 Å². The fraction of sp³-hybridized carbons (Fsp3) is 0.400. The third-order valence-corrected chi connectivity index (χ3v) is 4.98. The van der Waals surface area contributed by atoms with E-state index in [-0.39, 0.29) is 11.9 Å². The maximum atomic E-state index is 9.95. The molecule has 132 valence electrons. The summed E-state index contributed by atoms with van der Waals surface area (Å²) in [7, 11) is 0. The first-order valence-electron chi connectivity index (χ1n) is 8.82. The van der Waals surface area contributed by atoms with Crippen molar-refractivity contribution in [3.63, 3.8) is 0 Å². The second kappa shape index (κ2) is 6.84. The summed E-state index contributed by atoms with van der Waals surface area (Å²) in [5.74, 6) is 1.92. The highest BCUT2D eigenvalue weighted by Crippen LogP contribution is 2.39. The normalized spacial score (nSPS) is 23.4. The first-order chi connectivity index (χ1) is 12.2. The number of hydrogen-bond donors (Lipinski definition) is 2. The van der Waals surface area contributed by atoms with Gasteiger partial charge in [-0.1, -0.05) is 18.2 Å².